The number of nitrogens with one attached hydrogen (secondary N) is 2. The average molecular weight is 458 g/mol. The monoisotopic (exact) mass is 457 g/mol. The summed E-state index contributed by atoms with van der Waals surface area (Å²) < 4.78 is 6.53. The molecule has 1 spiro atoms. The molecule has 2 bridgehead atoms. The third kappa shape index (κ3) is 3.83. The molecular weight excluding hydrogens is 422 g/mol. The third-order valence-electron chi connectivity index (χ3n) is 7.29. The summed E-state index contributed by atoms with van der Waals surface area (Å²) >= 11 is 0. The number of benzene rings is 1. The lowest BCUT2D eigenvalue weighted by Gasteiger charge is -2.37. The zero-order valence-corrected chi connectivity index (χ0v) is 20.1. The van der Waals surface area contributed by atoms with Crippen molar-refractivity contribution < 1.29 is 24.2 Å². The van der Waals surface area contributed by atoms with E-state index in [0.29, 0.717) is 19.4 Å². The lowest BCUT2D eigenvalue weighted by atomic mass is 9.66. The summed E-state index contributed by atoms with van der Waals surface area (Å²) in [4.78, 5) is 42.1. The summed E-state index contributed by atoms with van der Waals surface area (Å²) in [5.41, 5.74) is -1.45. The molecule has 3 N–H and O–H groups in total. The summed E-state index contributed by atoms with van der Waals surface area (Å²) in [7, 11) is 0. The topological polar surface area (TPSA) is 108 Å². The predicted octanol–water partition coefficient (Wildman–Crippen LogP) is 1.36. The molecule has 8 heteroatoms. The fourth-order valence-corrected chi connectivity index (χ4v) is 5.96. The van der Waals surface area contributed by atoms with Crippen molar-refractivity contribution in [2.75, 3.05) is 6.61 Å². The van der Waals surface area contributed by atoms with Gasteiger partial charge in [-0.05, 0) is 53.0 Å². The number of fused-ring (bicyclic) bond motifs is 1. The Hall–Kier alpha value is -2.45. The highest BCUT2D eigenvalue weighted by Crippen LogP contribution is 2.63. The molecule has 0 aliphatic carbocycles. The number of amides is 3. The Balaban J connectivity index is 1.68. The van der Waals surface area contributed by atoms with Crippen LogP contribution in [-0.2, 0) is 25.7 Å². The van der Waals surface area contributed by atoms with Gasteiger partial charge in [-0.3, -0.25) is 14.4 Å². The molecule has 2 unspecified atom stereocenters. The zero-order valence-electron chi connectivity index (χ0n) is 20.1. The van der Waals surface area contributed by atoms with Gasteiger partial charge in [0.1, 0.15) is 11.6 Å². The molecule has 3 heterocycles. The van der Waals surface area contributed by atoms with Crippen LogP contribution in [0.25, 0.3) is 0 Å². The van der Waals surface area contributed by atoms with Crippen molar-refractivity contribution in [3.63, 3.8) is 0 Å². The Kier molecular flexibility index (Phi) is 5.81. The lowest BCUT2D eigenvalue weighted by Crippen LogP contribution is -2.60. The van der Waals surface area contributed by atoms with Crippen molar-refractivity contribution in [3.05, 3.63) is 35.9 Å². The van der Waals surface area contributed by atoms with Crippen LogP contribution >= 0.6 is 0 Å². The summed E-state index contributed by atoms with van der Waals surface area (Å²) in [6, 6.07) is 8.12. The number of rotatable bonds is 6. The van der Waals surface area contributed by atoms with Crippen molar-refractivity contribution in [3.8, 4) is 0 Å². The van der Waals surface area contributed by atoms with Gasteiger partial charge in [0, 0.05) is 12.1 Å². The van der Waals surface area contributed by atoms with E-state index in [9.17, 15) is 19.5 Å². The number of carbonyl (C=O) groups is 3. The van der Waals surface area contributed by atoms with E-state index < -0.39 is 40.7 Å². The molecule has 4 rings (SSSR count). The van der Waals surface area contributed by atoms with Gasteiger partial charge in [-0.15, -0.1) is 0 Å². The second kappa shape index (κ2) is 8.09. The van der Waals surface area contributed by atoms with E-state index in [1.165, 1.54) is 4.90 Å². The minimum atomic E-state index is -1.08. The van der Waals surface area contributed by atoms with E-state index in [4.69, 9.17) is 4.74 Å². The van der Waals surface area contributed by atoms with Crippen molar-refractivity contribution >= 4 is 17.7 Å². The smallest absolute Gasteiger partial charge is 0.246 e. The quantitative estimate of drug-likeness (QED) is 0.598. The summed E-state index contributed by atoms with van der Waals surface area (Å²) in [5.74, 6) is -2.32. The first-order valence-electron chi connectivity index (χ1n) is 11.7. The number of hydrogen-bond acceptors (Lipinski definition) is 5. The van der Waals surface area contributed by atoms with Gasteiger partial charge in [0.15, 0.2) is 0 Å². The molecule has 0 radical (unpaired) electrons. The van der Waals surface area contributed by atoms with Crippen LogP contribution in [0.3, 0.4) is 0 Å². The van der Waals surface area contributed by atoms with Gasteiger partial charge in [0.25, 0.3) is 0 Å². The van der Waals surface area contributed by atoms with Crippen molar-refractivity contribution in [1.29, 1.82) is 0 Å². The number of nitrogens with zero attached hydrogens (tertiary/aromatic N) is 1. The van der Waals surface area contributed by atoms with Crippen LogP contribution in [0.5, 0.6) is 0 Å². The van der Waals surface area contributed by atoms with Gasteiger partial charge in [-0.1, -0.05) is 30.3 Å². The predicted molar refractivity (Wildman–Crippen MR) is 122 cm³/mol. The van der Waals surface area contributed by atoms with E-state index in [0.717, 1.165) is 5.56 Å². The molecule has 1 aromatic carbocycles. The largest absolute Gasteiger partial charge is 0.394 e. The minimum Gasteiger partial charge on any atom is -0.394 e. The van der Waals surface area contributed by atoms with E-state index in [1.54, 1.807) is 6.92 Å². The summed E-state index contributed by atoms with van der Waals surface area (Å²) in [6.45, 7) is 9.30. The number of ether oxygens (including phenoxy) is 1. The highest BCUT2D eigenvalue weighted by atomic mass is 16.5. The Labute approximate surface area is 195 Å². The molecule has 33 heavy (non-hydrogen) atoms. The molecule has 0 aromatic heterocycles. The molecule has 3 aliphatic rings. The molecular formula is C25H35N3O5. The van der Waals surface area contributed by atoms with E-state index in [1.807, 2.05) is 58.0 Å². The lowest BCUT2D eigenvalue weighted by molar-refractivity contribution is -0.149. The SMILES string of the molecule is C[C@H](CO)N1C(=O)[C@@H]2[C@@H](C(=O)NCc3ccccc3)[C@@]3(C)CCC2(O3)C1C(=O)NC(C)(C)C. The van der Waals surface area contributed by atoms with Crippen LogP contribution in [0.2, 0.25) is 0 Å². The normalized spacial score (nSPS) is 33.7. The maximum Gasteiger partial charge on any atom is 0.246 e. The van der Waals surface area contributed by atoms with Gasteiger partial charge in [0.2, 0.25) is 17.7 Å². The second-order valence-corrected chi connectivity index (χ2v) is 10.9. The Morgan fingerprint density at radius 3 is 2.48 bits per heavy atom. The van der Waals surface area contributed by atoms with Crippen LogP contribution in [-0.4, -0.2) is 63.2 Å². The number of carbonyl (C=O) groups excluding carboxylic acids is 3. The summed E-state index contributed by atoms with van der Waals surface area (Å²) in [5, 5.41) is 15.8. The fraction of sp³-hybridized carbons (Fsp3) is 0.640. The van der Waals surface area contributed by atoms with E-state index in [-0.39, 0.29) is 24.3 Å². The van der Waals surface area contributed by atoms with E-state index >= 15 is 0 Å². The maximum atomic E-state index is 13.8. The molecule has 1 aromatic rings. The number of hydrogen-bond donors (Lipinski definition) is 3. The molecule has 8 nitrogen and oxygen atoms in total. The number of aliphatic hydroxyl groups is 1. The van der Waals surface area contributed by atoms with Gasteiger partial charge < -0.3 is 25.4 Å². The summed E-state index contributed by atoms with van der Waals surface area (Å²) in [6.07, 6.45) is 1.10. The van der Waals surface area contributed by atoms with Gasteiger partial charge in [0.05, 0.1) is 30.1 Å². The molecule has 6 atom stereocenters. The average Bonchev–Trinajstić information content (AvgIpc) is 3.31. The van der Waals surface area contributed by atoms with Crippen molar-refractivity contribution in [1.82, 2.24) is 15.5 Å². The first-order valence-corrected chi connectivity index (χ1v) is 11.7. The Morgan fingerprint density at radius 1 is 1.21 bits per heavy atom. The Bertz CT molecular complexity index is 945. The number of likely N-dealkylation sites (tertiary alicyclic amines) is 1. The molecule has 0 saturated carbocycles. The van der Waals surface area contributed by atoms with Gasteiger partial charge in [-0.2, -0.15) is 0 Å². The second-order valence-electron chi connectivity index (χ2n) is 10.9. The first kappa shape index (κ1) is 23.7. The van der Waals surface area contributed by atoms with E-state index in [2.05, 4.69) is 10.6 Å². The highest BCUT2D eigenvalue weighted by Gasteiger charge is 2.78. The zero-order chi connectivity index (χ0) is 24.2. The van der Waals surface area contributed by atoms with Crippen LogP contribution in [0.4, 0.5) is 0 Å². The number of aliphatic hydroxyl groups excluding tert-OH is 1. The maximum absolute atomic E-state index is 13.8. The highest BCUT2D eigenvalue weighted by molar-refractivity contribution is 5.99. The van der Waals surface area contributed by atoms with Gasteiger partial charge in [-0.25, -0.2) is 0 Å². The Morgan fingerprint density at radius 2 is 1.88 bits per heavy atom. The third-order valence-corrected chi connectivity index (χ3v) is 7.29. The van der Waals surface area contributed by atoms with Gasteiger partial charge >= 0.3 is 0 Å². The first-order chi connectivity index (χ1) is 15.4. The molecule has 3 aliphatic heterocycles. The molecule has 3 fully saturated rings. The fourth-order valence-electron chi connectivity index (χ4n) is 5.96. The van der Waals surface area contributed by atoms with Crippen LogP contribution < -0.4 is 10.6 Å². The van der Waals surface area contributed by atoms with Crippen LogP contribution in [0, 0.1) is 11.8 Å². The van der Waals surface area contributed by atoms with Crippen molar-refractivity contribution in [2.24, 2.45) is 11.8 Å². The van der Waals surface area contributed by atoms with Crippen LogP contribution in [0.1, 0.15) is 53.0 Å². The molecule has 180 valence electrons. The van der Waals surface area contributed by atoms with Crippen LogP contribution in [0.15, 0.2) is 30.3 Å². The molecule has 3 saturated heterocycles. The minimum absolute atomic E-state index is 0.241. The molecule has 3 amide bonds. The van der Waals surface area contributed by atoms with Crippen molar-refractivity contribution in [2.45, 2.75) is 82.8 Å². The standard InChI is InChI=1S/C25H35N3O5/c1-15(14-29)28-19(21(31)27-23(2,3)4)25-12-11-24(5,33-25)17(18(25)22(28)32)20(30)26-13-16-9-7-6-8-10-16/h6-10,15,17-19,29H,11-14H2,1-5H3,(H,26,30)(H,27,31)/t15-,17+,18+,19?,24-,25?/m1/s1.